The van der Waals surface area contributed by atoms with Crippen molar-refractivity contribution >= 4 is 0 Å². The molecule has 4 heteroatoms. The number of hydrogen-bond donors (Lipinski definition) is 2. The molecular formula is C3H5N3O. The fraction of sp³-hybridized carbons (Fsp3) is 0. The van der Waals surface area contributed by atoms with Crippen LogP contribution in [0.2, 0.25) is 0 Å². The third-order valence-corrected chi connectivity index (χ3v) is 0.406. The molecule has 0 bridgehead atoms. The number of rotatable bonds is 0. The Balaban J connectivity index is 0.000000162. The zero-order valence-corrected chi connectivity index (χ0v) is 3.59. The monoisotopic (exact) mass is 99.0 g/mol. The highest BCUT2D eigenvalue weighted by atomic mass is 16.2. The summed E-state index contributed by atoms with van der Waals surface area (Å²) in [6.07, 6.45) is 3.46. The lowest BCUT2D eigenvalue weighted by Crippen LogP contribution is -1.53. The Morgan fingerprint density at radius 1 is 1.57 bits per heavy atom. The van der Waals surface area contributed by atoms with Gasteiger partial charge in [-0.1, -0.05) is 5.59 Å². The average Bonchev–Trinajstić information content (AvgIpc) is 2.23. The van der Waals surface area contributed by atoms with Crippen molar-refractivity contribution in [3.05, 3.63) is 23.4 Å². The van der Waals surface area contributed by atoms with E-state index in [0.29, 0.717) is 0 Å². The summed E-state index contributed by atoms with van der Waals surface area (Å²) >= 11 is 0. The van der Waals surface area contributed by atoms with Crippen LogP contribution in [0.5, 0.6) is 0 Å². The number of H-pyrrole nitrogens is 1. The molecule has 0 fully saturated rings. The topological polar surface area (TPSA) is 69.6 Å². The van der Waals surface area contributed by atoms with Gasteiger partial charge in [0.25, 0.3) is 0 Å². The van der Waals surface area contributed by atoms with Gasteiger partial charge in [0.15, 0.2) is 0 Å². The van der Waals surface area contributed by atoms with Gasteiger partial charge in [0.2, 0.25) is 0 Å². The molecule has 0 saturated carbocycles. The maximum Gasteiger partial charge on any atom is 0.0487 e. The number of nitrogens with zero attached hydrogens (tertiary/aromatic N) is 1. The maximum atomic E-state index is 7.50. The second kappa shape index (κ2) is 4.81. The van der Waals surface area contributed by atoms with Crippen molar-refractivity contribution in [1.82, 2.24) is 10.2 Å². The molecule has 2 N–H and O–H groups in total. The van der Waals surface area contributed by atoms with Crippen molar-refractivity contribution in [2.75, 3.05) is 0 Å². The van der Waals surface area contributed by atoms with E-state index in [1.54, 1.807) is 12.4 Å². The van der Waals surface area contributed by atoms with Gasteiger partial charge in [-0.25, -0.2) is 0 Å². The van der Waals surface area contributed by atoms with Crippen molar-refractivity contribution in [1.29, 1.82) is 5.59 Å². The van der Waals surface area contributed by atoms with Gasteiger partial charge in [-0.15, -0.1) is 0 Å². The molecule has 0 aliphatic heterocycles. The Hall–Kier alpha value is -1.19. The predicted octanol–water partition coefficient (Wildman–Crippen LogP) is 0.741. The SMILES string of the molecule is N=O.c1cn[nH]c1. The quantitative estimate of drug-likeness (QED) is 0.471. The standard InChI is InChI=1S/C3H4N2.HNO/c1-2-4-5-3-1;1-2/h1-3H,(H,4,5);1H. The summed E-state index contributed by atoms with van der Waals surface area (Å²) in [7, 11) is 0. The van der Waals surface area contributed by atoms with Crippen LogP contribution in [-0.4, -0.2) is 10.2 Å². The summed E-state index contributed by atoms with van der Waals surface area (Å²) in [6.45, 7) is 0. The highest BCUT2D eigenvalue weighted by Crippen LogP contribution is 1.64. The third kappa shape index (κ3) is 2.62. The molecule has 0 radical (unpaired) electrons. The van der Waals surface area contributed by atoms with Gasteiger partial charge < -0.3 is 0 Å². The van der Waals surface area contributed by atoms with Gasteiger partial charge in [-0.3, -0.25) is 5.10 Å². The Labute approximate surface area is 40.3 Å². The van der Waals surface area contributed by atoms with Gasteiger partial charge in [0.1, 0.15) is 0 Å². The van der Waals surface area contributed by atoms with Crippen molar-refractivity contribution < 1.29 is 0 Å². The molecule has 0 saturated heterocycles. The third-order valence-electron chi connectivity index (χ3n) is 0.406. The summed E-state index contributed by atoms with van der Waals surface area (Å²) in [5, 5.41) is 6.21. The van der Waals surface area contributed by atoms with Crippen LogP contribution in [0, 0.1) is 10.5 Å². The fourth-order valence-corrected chi connectivity index (χ4v) is 0.215. The molecule has 1 heterocycles. The highest BCUT2D eigenvalue weighted by molar-refractivity contribution is 4.72. The molecule has 0 aliphatic rings. The number of nitrogens with one attached hydrogen (secondary N) is 2. The Morgan fingerprint density at radius 2 is 2.29 bits per heavy atom. The molecule has 4 nitrogen and oxygen atoms in total. The second-order valence-electron chi connectivity index (χ2n) is 0.766. The minimum Gasteiger partial charge on any atom is -0.286 e. The number of aromatic nitrogens is 2. The largest absolute Gasteiger partial charge is 0.286 e. The van der Waals surface area contributed by atoms with E-state index in [-0.39, 0.29) is 0 Å². The number of hydrogen-bond acceptors (Lipinski definition) is 3. The van der Waals surface area contributed by atoms with E-state index < -0.39 is 0 Å². The van der Waals surface area contributed by atoms with Crippen LogP contribution in [0.4, 0.5) is 0 Å². The summed E-state index contributed by atoms with van der Waals surface area (Å²) < 4.78 is 0. The van der Waals surface area contributed by atoms with Crippen molar-refractivity contribution in [2.24, 2.45) is 0 Å². The van der Waals surface area contributed by atoms with Crippen LogP contribution >= 0.6 is 0 Å². The first-order valence-corrected chi connectivity index (χ1v) is 1.64. The molecule has 1 aromatic heterocycles. The lowest BCUT2D eigenvalue weighted by atomic mass is 10.8. The van der Waals surface area contributed by atoms with Crippen LogP contribution in [0.25, 0.3) is 0 Å². The zero-order chi connectivity index (χ0) is 5.54. The predicted molar refractivity (Wildman–Crippen MR) is 24.7 cm³/mol. The summed E-state index contributed by atoms with van der Waals surface area (Å²) in [5.74, 6) is 0. The van der Waals surface area contributed by atoms with Crippen LogP contribution in [-0.2, 0) is 0 Å². The molecule has 0 amide bonds. The number of nitroso groups, excluding NO2 is 1. The Morgan fingerprint density at radius 3 is 2.43 bits per heavy atom. The lowest BCUT2D eigenvalue weighted by Gasteiger charge is -1.49. The van der Waals surface area contributed by atoms with Crippen molar-refractivity contribution in [2.45, 2.75) is 0 Å². The molecule has 7 heavy (non-hydrogen) atoms. The first kappa shape index (κ1) is 5.81. The van der Waals surface area contributed by atoms with Crippen molar-refractivity contribution in [3.8, 4) is 0 Å². The van der Waals surface area contributed by atoms with E-state index in [2.05, 4.69) is 15.8 Å². The van der Waals surface area contributed by atoms with Crippen LogP contribution < -0.4 is 0 Å². The minimum atomic E-state index is 1.69. The minimum absolute atomic E-state index is 1.69. The second-order valence-corrected chi connectivity index (χ2v) is 0.766. The van der Waals surface area contributed by atoms with E-state index >= 15 is 0 Å². The van der Waals surface area contributed by atoms with E-state index in [4.69, 9.17) is 4.91 Å². The Bertz CT molecular complexity index is 77.1. The molecular weight excluding hydrogens is 94.1 g/mol. The molecule has 0 aliphatic carbocycles. The summed E-state index contributed by atoms with van der Waals surface area (Å²) in [5.41, 5.74) is 4.50. The maximum absolute atomic E-state index is 7.50. The van der Waals surface area contributed by atoms with Crippen LogP contribution in [0.1, 0.15) is 0 Å². The lowest BCUT2D eigenvalue weighted by molar-refractivity contribution is 1.09. The highest BCUT2D eigenvalue weighted by Gasteiger charge is 1.56. The molecule has 0 unspecified atom stereocenters. The van der Waals surface area contributed by atoms with Gasteiger partial charge in [0, 0.05) is 12.4 Å². The van der Waals surface area contributed by atoms with Gasteiger partial charge in [0.05, 0.1) is 0 Å². The molecule has 38 valence electrons. The molecule has 0 aromatic carbocycles. The zero-order valence-electron chi connectivity index (χ0n) is 3.59. The van der Waals surface area contributed by atoms with Crippen LogP contribution in [0.15, 0.2) is 18.5 Å². The van der Waals surface area contributed by atoms with Crippen LogP contribution in [0.3, 0.4) is 0 Å². The Kier molecular flexibility index (Phi) is 3.99. The van der Waals surface area contributed by atoms with Crippen molar-refractivity contribution in [3.63, 3.8) is 0 Å². The van der Waals surface area contributed by atoms with Gasteiger partial charge in [-0.2, -0.15) is 10.0 Å². The van der Waals surface area contributed by atoms with Gasteiger partial charge >= 0.3 is 0 Å². The molecule has 0 atom stereocenters. The first-order chi connectivity index (χ1) is 3.50. The molecule has 1 aromatic rings. The molecule has 0 spiro atoms. The average molecular weight is 99.1 g/mol. The van der Waals surface area contributed by atoms with Gasteiger partial charge in [-0.05, 0) is 6.07 Å². The number of aromatic amines is 1. The smallest absolute Gasteiger partial charge is 0.0487 e. The molecule has 1 rings (SSSR count). The summed E-state index contributed by atoms with van der Waals surface area (Å²) in [4.78, 5) is 7.50. The van der Waals surface area contributed by atoms with E-state index in [1.165, 1.54) is 0 Å². The van der Waals surface area contributed by atoms with E-state index in [9.17, 15) is 0 Å². The van der Waals surface area contributed by atoms with E-state index in [0.717, 1.165) is 0 Å². The fourth-order valence-electron chi connectivity index (χ4n) is 0.215. The first-order valence-electron chi connectivity index (χ1n) is 1.64. The van der Waals surface area contributed by atoms with E-state index in [1.807, 2.05) is 6.07 Å². The normalized spacial score (nSPS) is 6.29. The summed E-state index contributed by atoms with van der Waals surface area (Å²) in [6, 6.07) is 1.83.